The molecule has 0 saturated carbocycles. The molecule has 72 valence electrons. The summed E-state index contributed by atoms with van der Waals surface area (Å²) in [7, 11) is 2.08. The summed E-state index contributed by atoms with van der Waals surface area (Å²) in [4.78, 5) is 6.48. The second-order valence-electron chi connectivity index (χ2n) is 3.36. The van der Waals surface area contributed by atoms with Crippen molar-refractivity contribution in [3.63, 3.8) is 0 Å². The number of rotatable bonds is 5. The third-order valence-corrected chi connectivity index (χ3v) is 1.91. The predicted octanol–water partition coefficient (Wildman–Crippen LogP) is 0.951. The highest BCUT2D eigenvalue weighted by atomic mass is 15.1. The van der Waals surface area contributed by atoms with Crippen LogP contribution in [0.25, 0.3) is 0 Å². The maximum Gasteiger partial charge on any atom is 0.0963 e. The Hall–Kier alpha value is -0.570. The van der Waals surface area contributed by atoms with Crippen LogP contribution in [0.3, 0.4) is 0 Å². The lowest BCUT2D eigenvalue weighted by Gasteiger charge is -2.12. The molecular formula is C9H21N3. The van der Waals surface area contributed by atoms with Gasteiger partial charge in [0.15, 0.2) is 0 Å². The average Bonchev–Trinajstić information content (AvgIpc) is 2.03. The third-order valence-electron chi connectivity index (χ3n) is 1.91. The van der Waals surface area contributed by atoms with Gasteiger partial charge in [0.1, 0.15) is 0 Å². The molecule has 0 atom stereocenters. The first-order valence-electron chi connectivity index (χ1n) is 4.56. The number of hydrogen-bond donors (Lipinski definition) is 1. The molecule has 0 heterocycles. The van der Waals surface area contributed by atoms with Crippen molar-refractivity contribution < 1.29 is 0 Å². The second kappa shape index (κ2) is 6.00. The minimum atomic E-state index is 0.372. The van der Waals surface area contributed by atoms with E-state index in [1.165, 1.54) is 0 Å². The van der Waals surface area contributed by atoms with Gasteiger partial charge in [-0.2, -0.15) is 0 Å². The standard InChI is InChI=1S/C9H21N3/c1-5-12(4)7-6-11-9(10)8(2)3/h8H,5-7H2,1-4H3,(H2,10,11). The number of hydrogen-bond acceptors (Lipinski definition) is 2. The topological polar surface area (TPSA) is 41.6 Å². The van der Waals surface area contributed by atoms with Crippen molar-refractivity contribution in [2.45, 2.75) is 20.8 Å². The van der Waals surface area contributed by atoms with E-state index < -0.39 is 0 Å². The summed E-state index contributed by atoms with van der Waals surface area (Å²) in [5.41, 5.74) is 5.68. The lowest BCUT2D eigenvalue weighted by Crippen LogP contribution is -2.24. The molecule has 3 heteroatoms. The number of likely N-dealkylation sites (N-methyl/N-ethyl adjacent to an activating group) is 1. The van der Waals surface area contributed by atoms with Crippen LogP contribution >= 0.6 is 0 Å². The lowest BCUT2D eigenvalue weighted by molar-refractivity contribution is 0.363. The molecule has 0 aliphatic carbocycles. The zero-order chi connectivity index (χ0) is 9.56. The van der Waals surface area contributed by atoms with Crippen LogP contribution in [0, 0.1) is 5.92 Å². The highest BCUT2D eigenvalue weighted by molar-refractivity contribution is 5.82. The largest absolute Gasteiger partial charge is 0.387 e. The van der Waals surface area contributed by atoms with E-state index in [1.54, 1.807) is 0 Å². The van der Waals surface area contributed by atoms with Crippen LogP contribution in [0.4, 0.5) is 0 Å². The Kier molecular flexibility index (Phi) is 5.72. The maximum atomic E-state index is 5.68. The second-order valence-corrected chi connectivity index (χ2v) is 3.36. The van der Waals surface area contributed by atoms with Crippen molar-refractivity contribution >= 4 is 5.84 Å². The fourth-order valence-electron chi connectivity index (χ4n) is 0.690. The number of nitrogens with zero attached hydrogens (tertiary/aromatic N) is 2. The van der Waals surface area contributed by atoms with Gasteiger partial charge in [-0.05, 0) is 13.6 Å². The molecule has 0 amide bonds. The number of aliphatic imine (C=N–C) groups is 1. The van der Waals surface area contributed by atoms with E-state index in [9.17, 15) is 0 Å². The summed E-state index contributed by atoms with van der Waals surface area (Å²) in [5, 5.41) is 0. The molecule has 0 aliphatic heterocycles. The van der Waals surface area contributed by atoms with Gasteiger partial charge < -0.3 is 10.6 Å². The van der Waals surface area contributed by atoms with Gasteiger partial charge in [0.05, 0.1) is 12.4 Å². The Morgan fingerprint density at radius 1 is 1.50 bits per heavy atom. The molecule has 0 rings (SSSR count). The number of nitrogens with two attached hydrogens (primary N) is 1. The highest BCUT2D eigenvalue weighted by Crippen LogP contribution is 1.91. The summed E-state index contributed by atoms with van der Waals surface area (Å²) in [6, 6.07) is 0. The Morgan fingerprint density at radius 3 is 2.50 bits per heavy atom. The molecule has 0 aliphatic rings. The molecule has 0 radical (unpaired) electrons. The minimum absolute atomic E-state index is 0.372. The van der Waals surface area contributed by atoms with Gasteiger partial charge in [0, 0.05) is 12.5 Å². The van der Waals surface area contributed by atoms with Crippen molar-refractivity contribution in [3.05, 3.63) is 0 Å². The van der Waals surface area contributed by atoms with E-state index in [2.05, 4.69) is 37.7 Å². The van der Waals surface area contributed by atoms with Crippen molar-refractivity contribution in [3.8, 4) is 0 Å². The molecule has 0 aromatic heterocycles. The van der Waals surface area contributed by atoms with Crippen LogP contribution in [0.5, 0.6) is 0 Å². The zero-order valence-electron chi connectivity index (χ0n) is 8.67. The van der Waals surface area contributed by atoms with Gasteiger partial charge in [0.2, 0.25) is 0 Å². The Balaban J connectivity index is 3.59. The Bertz CT molecular complexity index is 141. The van der Waals surface area contributed by atoms with Crippen LogP contribution in [0.15, 0.2) is 4.99 Å². The summed E-state index contributed by atoms with van der Waals surface area (Å²) in [6.45, 7) is 9.12. The van der Waals surface area contributed by atoms with E-state index in [-0.39, 0.29) is 0 Å². The summed E-state index contributed by atoms with van der Waals surface area (Å²) >= 11 is 0. The van der Waals surface area contributed by atoms with Gasteiger partial charge in [-0.15, -0.1) is 0 Å². The first-order chi connectivity index (χ1) is 5.57. The highest BCUT2D eigenvalue weighted by Gasteiger charge is 1.98. The van der Waals surface area contributed by atoms with Crippen molar-refractivity contribution in [1.29, 1.82) is 0 Å². The molecule has 0 unspecified atom stereocenters. The summed E-state index contributed by atoms with van der Waals surface area (Å²) in [5.74, 6) is 1.14. The van der Waals surface area contributed by atoms with Gasteiger partial charge in [-0.3, -0.25) is 4.99 Å². The van der Waals surface area contributed by atoms with E-state index in [1.807, 2.05) is 0 Å². The van der Waals surface area contributed by atoms with Crippen molar-refractivity contribution in [2.24, 2.45) is 16.6 Å². The van der Waals surface area contributed by atoms with E-state index in [0.29, 0.717) is 5.92 Å². The molecular weight excluding hydrogens is 150 g/mol. The SMILES string of the molecule is CCN(C)CCN=C(N)C(C)C. The smallest absolute Gasteiger partial charge is 0.0963 e. The van der Waals surface area contributed by atoms with E-state index in [4.69, 9.17) is 5.73 Å². The van der Waals surface area contributed by atoms with Crippen molar-refractivity contribution in [1.82, 2.24) is 4.90 Å². The minimum Gasteiger partial charge on any atom is -0.387 e. The van der Waals surface area contributed by atoms with E-state index in [0.717, 1.165) is 25.5 Å². The Labute approximate surface area is 75.7 Å². The van der Waals surface area contributed by atoms with Crippen LogP contribution in [0.2, 0.25) is 0 Å². The monoisotopic (exact) mass is 171 g/mol. The molecule has 0 bridgehead atoms. The fourth-order valence-corrected chi connectivity index (χ4v) is 0.690. The van der Waals surface area contributed by atoms with Crippen LogP contribution in [-0.4, -0.2) is 37.4 Å². The first-order valence-corrected chi connectivity index (χ1v) is 4.56. The first kappa shape index (κ1) is 11.4. The van der Waals surface area contributed by atoms with Gasteiger partial charge in [-0.25, -0.2) is 0 Å². The molecule has 0 aromatic rings. The molecule has 2 N–H and O–H groups in total. The molecule has 12 heavy (non-hydrogen) atoms. The molecule has 3 nitrogen and oxygen atoms in total. The molecule has 0 aromatic carbocycles. The maximum absolute atomic E-state index is 5.68. The lowest BCUT2D eigenvalue weighted by atomic mass is 10.2. The normalized spacial score (nSPS) is 13.0. The molecule has 0 spiro atoms. The van der Waals surface area contributed by atoms with Gasteiger partial charge >= 0.3 is 0 Å². The summed E-state index contributed by atoms with van der Waals surface area (Å²) in [6.07, 6.45) is 0. The van der Waals surface area contributed by atoms with Gasteiger partial charge in [0.25, 0.3) is 0 Å². The van der Waals surface area contributed by atoms with Crippen LogP contribution in [0.1, 0.15) is 20.8 Å². The van der Waals surface area contributed by atoms with Crippen LogP contribution < -0.4 is 5.73 Å². The Morgan fingerprint density at radius 2 is 2.08 bits per heavy atom. The van der Waals surface area contributed by atoms with Crippen LogP contribution in [-0.2, 0) is 0 Å². The quantitative estimate of drug-likeness (QED) is 0.494. The molecule has 0 fully saturated rings. The third kappa shape index (κ3) is 5.13. The van der Waals surface area contributed by atoms with E-state index >= 15 is 0 Å². The molecule has 0 saturated heterocycles. The zero-order valence-corrected chi connectivity index (χ0v) is 8.67. The average molecular weight is 171 g/mol. The fraction of sp³-hybridized carbons (Fsp3) is 0.889. The predicted molar refractivity (Wildman–Crippen MR) is 54.5 cm³/mol. The summed E-state index contributed by atoms with van der Waals surface area (Å²) < 4.78 is 0. The van der Waals surface area contributed by atoms with Crippen molar-refractivity contribution in [2.75, 3.05) is 26.7 Å². The number of amidine groups is 1. The van der Waals surface area contributed by atoms with Gasteiger partial charge in [-0.1, -0.05) is 20.8 Å².